The summed E-state index contributed by atoms with van der Waals surface area (Å²) in [4.78, 5) is 45.2. The summed E-state index contributed by atoms with van der Waals surface area (Å²) in [5.41, 5.74) is 2.21. The Labute approximate surface area is 264 Å². The molecule has 1 amide bonds. The SMILES string of the molecule is C=CC(=O)N1CCN(c2nc(=O)n3c4nc(c(F)cc24)-c2cc(ccc2Cl)NCCCSc2cnc(C(C)C)c-3c2)[C@@H](C)C1. The number of nitrogens with zero attached hydrogens (tertiary/aromatic N) is 6. The van der Waals surface area contributed by atoms with Gasteiger partial charge in [0.25, 0.3) is 0 Å². The molecule has 0 unspecified atom stereocenters. The minimum Gasteiger partial charge on any atom is -0.385 e. The van der Waals surface area contributed by atoms with Gasteiger partial charge in [-0.05, 0) is 61.4 Å². The molecule has 6 rings (SSSR count). The molecule has 1 saturated heterocycles. The number of piperazine rings is 1. The average Bonchev–Trinajstić information content (AvgIpc) is 3.00. The third-order valence-corrected chi connectivity index (χ3v) is 9.37. The first kappa shape index (κ1) is 30.1. The van der Waals surface area contributed by atoms with Crippen molar-refractivity contribution in [3.05, 3.63) is 76.2 Å². The second-order valence-corrected chi connectivity index (χ2v) is 12.9. The quantitative estimate of drug-likeness (QED) is 0.279. The standard InChI is InChI=1S/C32H33ClFN7O2S/c1-5-27(42)39-10-11-40(19(4)17-39)30-23-15-25(34)29-22-13-20(7-8-24(22)33)35-9-6-12-44-21-14-26(28(18(2)3)36-16-21)41(31(23)37-29)32(43)38-30/h5,7-8,13-16,18-19,35H,1,6,9-12,17H2,2-4H3/t19-/m0/s1. The summed E-state index contributed by atoms with van der Waals surface area (Å²) in [6.45, 7) is 11.5. The molecule has 1 fully saturated rings. The van der Waals surface area contributed by atoms with Crippen LogP contribution in [0.5, 0.6) is 0 Å². The molecule has 5 heterocycles. The number of anilines is 2. The normalized spacial score (nSPS) is 16.9. The van der Waals surface area contributed by atoms with E-state index in [1.54, 1.807) is 28.8 Å². The van der Waals surface area contributed by atoms with Crippen LogP contribution in [-0.4, -0.2) is 68.3 Å². The van der Waals surface area contributed by atoms with Gasteiger partial charge in [-0.15, -0.1) is 11.8 Å². The highest BCUT2D eigenvalue weighted by Gasteiger charge is 2.30. The molecule has 0 radical (unpaired) electrons. The largest absolute Gasteiger partial charge is 0.385 e. The number of rotatable bonds is 3. The number of fused-ring (bicyclic) bond motifs is 7. The number of nitrogens with one attached hydrogen (secondary N) is 1. The Kier molecular flexibility index (Phi) is 8.34. The molecule has 2 aliphatic heterocycles. The van der Waals surface area contributed by atoms with Crippen molar-refractivity contribution in [2.24, 2.45) is 0 Å². The molecule has 0 saturated carbocycles. The fraction of sp³-hybridized carbons (Fsp3) is 0.344. The van der Waals surface area contributed by atoms with Crippen LogP contribution in [0.1, 0.15) is 38.8 Å². The van der Waals surface area contributed by atoms with Crippen molar-refractivity contribution >= 4 is 51.8 Å². The van der Waals surface area contributed by atoms with Crippen LogP contribution in [-0.2, 0) is 4.79 Å². The van der Waals surface area contributed by atoms with Crippen molar-refractivity contribution in [3.8, 4) is 16.9 Å². The van der Waals surface area contributed by atoms with E-state index >= 15 is 4.39 Å². The lowest BCUT2D eigenvalue weighted by Gasteiger charge is -2.40. The van der Waals surface area contributed by atoms with E-state index in [1.165, 1.54) is 16.7 Å². The highest BCUT2D eigenvalue weighted by atomic mass is 35.5. The number of amides is 1. The Morgan fingerprint density at radius 2 is 2.05 bits per heavy atom. The average molecular weight is 634 g/mol. The van der Waals surface area contributed by atoms with E-state index in [1.807, 2.05) is 44.0 Å². The Balaban J connectivity index is 1.65. The first-order chi connectivity index (χ1) is 21.2. The van der Waals surface area contributed by atoms with Gasteiger partial charge in [-0.1, -0.05) is 32.0 Å². The van der Waals surface area contributed by atoms with Gasteiger partial charge in [0, 0.05) is 54.6 Å². The van der Waals surface area contributed by atoms with E-state index in [4.69, 9.17) is 21.6 Å². The summed E-state index contributed by atoms with van der Waals surface area (Å²) < 4.78 is 17.6. The molecule has 228 valence electrons. The highest BCUT2D eigenvalue weighted by molar-refractivity contribution is 7.99. The maximum Gasteiger partial charge on any atom is 0.355 e. The maximum absolute atomic E-state index is 16.2. The summed E-state index contributed by atoms with van der Waals surface area (Å²) in [6.07, 6.45) is 3.99. The van der Waals surface area contributed by atoms with Crippen molar-refractivity contribution < 1.29 is 9.18 Å². The molecule has 4 aromatic rings. The molecule has 9 nitrogen and oxygen atoms in total. The highest BCUT2D eigenvalue weighted by Crippen LogP contribution is 2.36. The van der Waals surface area contributed by atoms with Crippen LogP contribution in [0.2, 0.25) is 5.02 Å². The second kappa shape index (κ2) is 12.2. The lowest BCUT2D eigenvalue weighted by Crippen LogP contribution is -2.54. The van der Waals surface area contributed by atoms with Crippen molar-refractivity contribution in [1.82, 2.24) is 24.4 Å². The fourth-order valence-electron chi connectivity index (χ4n) is 5.79. The first-order valence-corrected chi connectivity index (χ1v) is 16.0. The van der Waals surface area contributed by atoms with Gasteiger partial charge in [-0.3, -0.25) is 9.78 Å². The zero-order chi connectivity index (χ0) is 31.1. The molecule has 1 N–H and O–H groups in total. The summed E-state index contributed by atoms with van der Waals surface area (Å²) in [7, 11) is 0. The number of thioether (sulfide) groups is 1. The third-order valence-electron chi connectivity index (χ3n) is 7.99. The zero-order valence-corrected chi connectivity index (χ0v) is 26.4. The van der Waals surface area contributed by atoms with Gasteiger partial charge in [-0.25, -0.2) is 18.7 Å². The second-order valence-electron chi connectivity index (χ2n) is 11.3. The van der Waals surface area contributed by atoms with Crippen LogP contribution in [0.3, 0.4) is 0 Å². The van der Waals surface area contributed by atoms with Crippen molar-refractivity contribution in [2.75, 3.05) is 42.1 Å². The Hall–Kier alpha value is -3.96. The summed E-state index contributed by atoms with van der Waals surface area (Å²) in [5, 5.41) is 4.12. The van der Waals surface area contributed by atoms with E-state index in [0.717, 1.165) is 22.8 Å². The minimum atomic E-state index is -0.589. The summed E-state index contributed by atoms with van der Waals surface area (Å²) in [6, 6.07) is 8.50. The predicted octanol–water partition coefficient (Wildman–Crippen LogP) is 5.89. The molecule has 0 spiro atoms. The zero-order valence-electron chi connectivity index (χ0n) is 24.8. The first-order valence-electron chi connectivity index (χ1n) is 14.6. The molecule has 2 aliphatic rings. The number of carbonyl (C=O) groups is 1. The van der Waals surface area contributed by atoms with Crippen LogP contribution in [0.25, 0.3) is 28.0 Å². The summed E-state index contributed by atoms with van der Waals surface area (Å²) >= 11 is 8.28. The van der Waals surface area contributed by atoms with E-state index in [-0.39, 0.29) is 29.2 Å². The molecule has 12 heteroatoms. The van der Waals surface area contributed by atoms with Gasteiger partial charge < -0.3 is 15.1 Å². The third kappa shape index (κ3) is 5.54. The van der Waals surface area contributed by atoms with Gasteiger partial charge in [-0.2, -0.15) is 4.98 Å². The van der Waals surface area contributed by atoms with Crippen LogP contribution < -0.4 is 15.9 Å². The van der Waals surface area contributed by atoms with Crippen LogP contribution in [0.15, 0.2) is 58.9 Å². The topological polar surface area (TPSA) is 96.3 Å². The predicted molar refractivity (Wildman–Crippen MR) is 175 cm³/mol. The van der Waals surface area contributed by atoms with Gasteiger partial charge in [0.1, 0.15) is 17.3 Å². The minimum absolute atomic E-state index is 0.0153. The van der Waals surface area contributed by atoms with Gasteiger partial charge in [0.15, 0.2) is 5.65 Å². The number of carbonyl (C=O) groups excluding carboxylic acids is 1. The number of aromatic nitrogens is 4. The molecule has 0 aliphatic carbocycles. The molecule has 3 aromatic heterocycles. The van der Waals surface area contributed by atoms with Gasteiger partial charge in [0.05, 0.1) is 21.8 Å². The molecule has 44 heavy (non-hydrogen) atoms. The van der Waals surface area contributed by atoms with E-state index in [9.17, 15) is 9.59 Å². The maximum atomic E-state index is 16.2. The van der Waals surface area contributed by atoms with Crippen LogP contribution in [0, 0.1) is 5.82 Å². The fourth-order valence-corrected chi connectivity index (χ4v) is 6.85. The number of benzene rings is 1. The van der Waals surface area contributed by atoms with Crippen molar-refractivity contribution in [3.63, 3.8) is 0 Å². The van der Waals surface area contributed by atoms with E-state index < -0.39 is 11.5 Å². The van der Waals surface area contributed by atoms with Crippen LogP contribution >= 0.6 is 23.4 Å². The van der Waals surface area contributed by atoms with Crippen molar-refractivity contribution in [2.45, 2.75) is 44.0 Å². The monoisotopic (exact) mass is 633 g/mol. The lowest BCUT2D eigenvalue weighted by molar-refractivity contribution is -0.126. The van der Waals surface area contributed by atoms with Crippen molar-refractivity contribution in [1.29, 1.82) is 0 Å². The van der Waals surface area contributed by atoms with Gasteiger partial charge in [0.2, 0.25) is 5.91 Å². The molecule has 1 atom stereocenters. The molecular weight excluding hydrogens is 601 g/mol. The molecule has 1 aromatic carbocycles. The number of hydrogen-bond donors (Lipinski definition) is 1. The number of pyridine rings is 2. The van der Waals surface area contributed by atoms with Crippen LogP contribution in [0.4, 0.5) is 15.9 Å². The Bertz CT molecular complexity index is 1850. The molecular formula is C32H33ClFN7O2S. The Morgan fingerprint density at radius 1 is 1.23 bits per heavy atom. The Morgan fingerprint density at radius 3 is 2.80 bits per heavy atom. The lowest BCUT2D eigenvalue weighted by atomic mass is 10.1. The summed E-state index contributed by atoms with van der Waals surface area (Å²) in [5.74, 6) is 0.385. The molecule has 6 bridgehead atoms. The van der Waals surface area contributed by atoms with Gasteiger partial charge >= 0.3 is 5.69 Å². The number of halogens is 2. The van der Waals surface area contributed by atoms with E-state index in [0.29, 0.717) is 59.4 Å². The smallest absolute Gasteiger partial charge is 0.355 e. The van der Waals surface area contributed by atoms with E-state index in [2.05, 4.69) is 16.9 Å². The number of hydrogen-bond acceptors (Lipinski definition) is 8.